The summed E-state index contributed by atoms with van der Waals surface area (Å²) in [5.74, 6) is -7.98. The molecule has 12 heteroatoms. The van der Waals surface area contributed by atoms with Gasteiger partial charge < -0.3 is 15.2 Å². The van der Waals surface area contributed by atoms with Crippen molar-refractivity contribution >= 4 is 43.7 Å². The Labute approximate surface area is 196 Å². The number of alkyl halides is 5. The Hall–Kier alpha value is -3.23. The molecule has 3 rings (SSSR count). The maximum absolute atomic E-state index is 13.9. The van der Waals surface area contributed by atoms with E-state index in [1.807, 2.05) is 0 Å². The van der Waals surface area contributed by atoms with Gasteiger partial charge in [0, 0.05) is 11.3 Å². The number of anilines is 1. The van der Waals surface area contributed by atoms with Crippen LogP contribution in [0.2, 0.25) is 5.02 Å². The Morgan fingerprint density at radius 3 is 2.12 bits per heavy atom. The number of aromatic carboxylic acids is 1. The molecule has 5 nitrogen and oxygen atoms in total. The Bertz CT molecular complexity index is 1250. The van der Waals surface area contributed by atoms with E-state index in [-0.39, 0.29) is 27.6 Å². The number of ether oxygens (including phenoxy) is 1. The number of benzene rings is 3. The molecule has 1 unspecified atom stereocenters. The molecule has 0 spiro atoms. The lowest BCUT2D eigenvalue weighted by atomic mass is 10.0. The van der Waals surface area contributed by atoms with Gasteiger partial charge in [-0.05, 0) is 53.8 Å². The third-order valence-electron chi connectivity index (χ3n) is 4.51. The van der Waals surface area contributed by atoms with E-state index in [0.29, 0.717) is 17.4 Å². The number of hydrogen-bond donors (Lipinski definition) is 2. The van der Waals surface area contributed by atoms with Gasteiger partial charge in [0.05, 0.1) is 16.1 Å². The first-order valence-corrected chi connectivity index (χ1v) is 10.2. The number of carbonyl (C=O) groups excluding carboxylic acids is 1. The van der Waals surface area contributed by atoms with Crippen molar-refractivity contribution in [1.29, 1.82) is 0 Å². The van der Waals surface area contributed by atoms with Crippen LogP contribution in [0.5, 0.6) is 11.5 Å². The molecule has 0 saturated heterocycles. The summed E-state index contributed by atoms with van der Waals surface area (Å²) in [7, 11) is 2.36. The van der Waals surface area contributed by atoms with Crippen LogP contribution in [0.4, 0.5) is 27.6 Å². The minimum absolute atomic E-state index is 0.0242. The van der Waals surface area contributed by atoms with E-state index in [1.54, 1.807) is 0 Å². The van der Waals surface area contributed by atoms with Crippen LogP contribution in [-0.2, 0) is 5.92 Å². The molecule has 178 valence electrons. The average molecular weight is 518 g/mol. The number of nitrogens with one attached hydrogen (secondary N) is 1. The molecule has 0 saturated carbocycles. The quantitative estimate of drug-likeness (QED) is 0.300. The van der Waals surface area contributed by atoms with E-state index >= 15 is 0 Å². The number of halogens is 6. The minimum atomic E-state index is -5.88. The third kappa shape index (κ3) is 5.46. The molecule has 1 amide bonds. The van der Waals surface area contributed by atoms with E-state index in [2.05, 4.69) is 14.6 Å². The highest BCUT2D eigenvalue weighted by Gasteiger charge is 2.58. The van der Waals surface area contributed by atoms with E-state index in [4.69, 9.17) is 21.4 Å². The summed E-state index contributed by atoms with van der Waals surface area (Å²) in [6.07, 6.45) is -5.88. The zero-order valence-corrected chi connectivity index (χ0v) is 18.7. The number of carboxylic acids is 1. The van der Waals surface area contributed by atoms with Crippen LogP contribution in [0.1, 0.15) is 26.3 Å². The molecule has 0 fully saturated rings. The fourth-order valence-electron chi connectivity index (χ4n) is 2.77. The average Bonchev–Trinajstić information content (AvgIpc) is 2.75. The zero-order chi connectivity index (χ0) is 25.3. The SMILES string of the molecule is O=C(O)c1ccc(NC(=O)c2ccc(C(F)(F)C(F)(F)F)cc2Oc2ccc(P)cc2Cl)cc1. The van der Waals surface area contributed by atoms with Gasteiger partial charge >= 0.3 is 18.1 Å². The maximum atomic E-state index is 13.9. The van der Waals surface area contributed by atoms with Crippen molar-refractivity contribution in [2.75, 3.05) is 5.32 Å². The molecule has 0 heterocycles. The molecule has 0 bridgehead atoms. The smallest absolute Gasteiger partial charge is 0.458 e. The van der Waals surface area contributed by atoms with Crippen LogP contribution in [0.25, 0.3) is 0 Å². The first-order valence-electron chi connectivity index (χ1n) is 9.26. The van der Waals surface area contributed by atoms with Crippen LogP contribution >= 0.6 is 20.8 Å². The normalized spacial score (nSPS) is 11.7. The van der Waals surface area contributed by atoms with Gasteiger partial charge in [0.15, 0.2) is 0 Å². The Morgan fingerprint density at radius 1 is 0.912 bits per heavy atom. The first-order chi connectivity index (χ1) is 15.8. The molecule has 3 aromatic rings. The maximum Gasteiger partial charge on any atom is 0.458 e. The summed E-state index contributed by atoms with van der Waals surface area (Å²) >= 11 is 6.07. The largest absolute Gasteiger partial charge is 0.478 e. The van der Waals surface area contributed by atoms with Crippen LogP contribution < -0.4 is 15.4 Å². The number of carboxylic acid groups (broad SMARTS) is 1. The van der Waals surface area contributed by atoms with Crippen molar-refractivity contribution in [3.8, 4) is 11.5 Å². The van der Waals surface area contributed by atoms with Crippen molar-refractivity contribution in [2.24, 2.45) is 0 Å². The van der Waals surface area contributed by atoms with Gasteiger partial charge in [-0.15, -0.1) is 9.24 Å². The zero-order valence-electron chi connectivity index (χ0n) is 16.8. The predicted octanol–water partition coefficient (Wildman–Crippen LogP) is 6.24. The molecular weight excluding hydrogens is 504 g/mol. The van der Waals surface area contributed by atoms with Crippen LogP contribution in [0.3, 0.4) is 0 Å². The lowest BCUT2D eigenvalue weighted by Crippen LogP contribution is -2.33. The van der Waals surface area contributed by atoms with Crippen LogP contribution in [0, 0.1) is 0 Å². The van der Waals surface area contributed by atoms with Crippen molar-refractivity contribution in [3.05, 3.63) is 82.4 Å². The lowest BCUT2D eigenvalue weighted by Gasteiger charge is -2.21. The lowest BCUT2D eigenvalue weighted by molar-refractivity contribution is -0.289. The summed E-state index contributed by atoms with van der Waals surface area (Å²) in [6.45, 7) is 0. The van der Waals surface area contributed by atoms with Gasteiger partial charge in [0.25, 0.3) is 5.91 Å². The van der Waals surface area contributed by atoms with Gasteiger partial charge in [-0.1, -0.05) is 23.7 Å². The second-order valence-electron chi connectivity index (χ2n) is 6.91. The van der Waals surface area contributed by atoms with Gasteiger partial charge in [-0.3, -0.25) is 4.79 Å². The highest BCUT2D eigenvalue weighted by molar-refractivity contribution is 7.27. The summed E-state index contributed by atoms with van der Waals surface area (Å²) in [6, 6.07) is 11.0. The molecule has 1 atom stereocenters. The highest BCUT2D eigenvalue weighted by atomic mass is 35.5. The molecule has 0 aromatic heterocycles. The monoisotopic (exact) mass is 517 g/mol. The molecule has 0 aliphatic carbocycles. The fourth-order valence-corrected chi connectivity index (χ4v) is 3.36. The van der Waals surface area contributed by atoms with Crippen molar-refractivity contribution in [3.63, 3.8) is 0 Å². The van der Waals surface area contributed by atoms with Gasteiger partial charge in [-0.25, -0.2) is 4.79 Å². The van der Waals surface area contributed by atoms with Crippen LogP contribution in [0.15, 0.2) is 60.7 Å². The first kappa shape index (κ1) is 25.4. The van der Waals surface area contributed by atoms with Crippen molar-refractivity contribution < 1.29 is 41.4 Å². The molecule has 3 aromatic carbocycles. The van der Waals surface area contributed by atoms with E-state index in [1.165, 1.54) is 42.5 Å². The van der Waals surface area contributed by atoms with Gasteiger partial charge in [-0.2, -0.15) is 22.0 Å². The second kappa shape index (κ2) is 9.56. The number of amides is 1. The Balaban J connectivity index is 2.02. The summed E-state index contributed by atoms with van der Waals surface area (Å²) in [5, 5.41) is 12.0. The Kier molecular flexibility index (Phi) is 7.14. The predicted molar refractivity (Wildman–Crippen MR) is 119 cm³/mol. The molecule has 0 radical (unpaired) electrons. The fraction of sp³-hybridized carbons (Fsp3) is 0.0909. The standard InChI is InChI=1S/C22H14ClF5NO4P/c23-16-10-14(34)6-8-17(16)33-18-9-12(21(24,25)22(26,27)28)3-7-15(18)19(30)29-13-4-1-11(2-5-13)20(31)32/h1-10H,34H2,(H,29,30)(H,31,32). The summed E-state index contributed by atoms with van der Waals surface area (Å²) in [4.78, 5) is 23.7. The molecule has 0 aliphatic heterocycles. The molecule has 0 aliphatic rings. The third-order valence-corrected chi connectivity index (χ3v) is 5.16. The number of carbonyl (C=O) groups is 2. The highest BCUT2D eigenvalue weighted by Crippen LogP contribution is 2.45. The molecule has 2 N–H and O–H groups in total. The van der Waals surface area contributed by atoms with E-state index in [9.17, 15) is 31.5 Å². The molecular formula is C22H14ClF5NO4P. The number of rotatable bonds is 6. The minimum Gasteiger partial charge on any atom is -0.478 e. The van der Waals surface area contributed by atoms with E-state index in [0.717, 1.165) is 6.07 Å². The topological polar surface area (TPSA) is 75.6 Å². The summed E-state index contributed by atoms with van der Waals surface area (Å²) < 4.78 is 72.0. The summed E-state index contributed by atoms with van der Waals surface area (Å²) in [5.41, 5.74) is -1.70. The van der Waals surface area contributed by atoms with Gasteiger partial charge in [0.1, 0.15) is 11.5 Å². The number of hydrogen-bond acceptors (Lipinski definition) is 3. The van der Waals surface area contributed by atoms with Gasteiger partial charge in [0.2, 0.25) is 0 Å². The molecule has 34 heavy (non-hydrogen) atoms. The van der Waals surface area contributed by atoms with Crippen LogP contribution in [-0.4, -0.2) is 23.2 Å². The van der Waals surface area contributed by atoms with Crippen molar-refractivity contribution in [1.82, 2.24) is 0 Å². The Morgan fingerprint density at radius 2 is 1.56 bits per heavy atom. The van der Waals surface area contributed by atoms with Crippen molar-refractivity contribution in [2.45, 2.75) is 12.1 Å². The van der Waals surface area contributed by atoms with E-state index < -0.39 is 35.3 Å². The second-order valence-corrected chi connectivity index (χ2v) is 7.99.